The van der Waals surface area contributed by atoms with Crippen molar-refractivity contribution in [3.63, 3.8) is 0 Å². The molecule has 0 spiro atoms. The van der Waals surface area contributed by atoms with E-state index in [-0.39, 0.29) is 10.8 Å². The van der Waals surface area contributed by atoms with Gasteiger partial charge in [-0.25, -0.2) is 4.39 Å². The van der Waals surface area contributed by atoms with Gasteiger partial charge in [-0.15, -0.1) is 0 Å². The Labute approximate surface area is 145 Å². The fourth-order valence-corrected chi connectivity index (χ4v) is 3.67. The van der Waals surface area contributed by atoms with Crippen molar-refractivity contribution in [3.8, 4) is 0 Å². The number of pyridine rings is 1. The molecular formula is C19H19ClFN3. The van der Waals surface area contributed by atoms with Gasteiger partial charge < -0.3 is 9.88 Å². The predicted octanol–water partition coefficient (Wildman–Crippen LogP) is 4.03. The summed E-state index contributed by atoms with van der Waals surface area (Å²) in [6.45, 7) is 4.56. The Bertz CT molecular complexity index is 899. The van der Waals surface area contributed by atoms with Crippen LogP contribution in [0.25, 0.3) is 10.9 Å². The van der Waals surface area contributed by atoms with Crippen LogP contribution in [-0.4, -0.2) is 16.1 Å². The zero-order valence-electron chi connectivity index (χ0n) is 13.6. The Morgan fingerprint density at radius 1 is 1.33 bits per heavy atom. The molecule has 0 fully saturated rings. The molecule has 124 valence electrons. The van der Waals surface area contributed by atoms with Gasteiger partial charge in [0.15, 0.2) is 0 Å². The summed E-state index contributed by atoms with van der Waals surface area (Å²) in [5, 5.41) is 4.65. The zero-order valence-corrected chi connectivity index (χ0v) is 14.3. The Hall–Kier alpha value is -1.91. The lowest BCUT2D eigenvalue weighted by Gasteiger charge is -2.17. The van der Waals surface area contributed by atoms with Crippen LogP contribution in [0.2, 0.25) is 5.02 Å². The molecule has 0 aliphatic carbocycles. The molecule has 4 rings (SSSR count). The molecule has 1 N–H and O–H groups in total. The minimum absolute atomic E-state index is 0.191. The van der Waals surface area contributed by atoms with Crippen LogP contribution in [0.1, 0.15) is 22.5 Å². The van der Waals surface area contributed by atoms with Crippen LogP contribution in [0, 0.1) is 12.7 Å². The highest BCUT2D eigenvalue weighted by atomic mass is 35.5. The third-order valence-electron chi connectivity index (χ3n) is 4.77. The van der Waals surface area contributed by atoms with E-state index in [0.29, 0.717) is 0 Å². The van der Waals surface area contributed by atoms with Crippen molar-refractivity contribution in [2.45, 2.75) is 32.9 Å². The molecular weight excluding hydrogens is 325 g/mol. The molecule has 24 heavy (non-hydrogen) atoms. The topological polar surface area (TPSA) is 29.9 Å². The summed E-state index contributed by atoms with van der Waals surface area (Å²) in [5.41, 5.74) is 5.70. The summed E-state index contributed by atoms with van der Waals surface area (Å²) in [6.07, 6.45) is 3.75. The van der Waals surface area contributed by atoms with Gasteiger partial charge in [0.05, 0.1) is 10.5 Å². The number of benzene rings is 1. The van der Waals surface area contributed by atoms with Crippen LogP contribution in [0.4, 0.5) is 4.39 Å². The van der Waals surface area contributed by atoms with Gasteiger partial charge in [0, 0.05) is 49.0 Å². The quantitative estimate of drug-likeness (QED) is 0.778. The van der Waals surface area contributed by atoms with Crippen molar-refractivity contribution in [1.29, 1.82) is 0 Å². The van der Waals surface area contributed by atoms with Gasteiger partial charge in [-0.3, -0.25) is 4.98 Å². The molecule has 0 saturated heterocycles. The first kappa shape index (κ1) is 15.6. The first-order valence-electron chi connectivity index (χ1n) is 8.25. The van der Waals surface area contributed by atoms with Gasteiger partial charge in [0.2, 0.25) is 0 Å². The maximum absolute atomic E-state index is 14.0. The van der Waals surface area contributed by atoms with E-state index < -0.39 is 0 Å². The molecule has 0 bridgehead atoms. The highest BCUT2D eigenvalue weighted by molar-refractivity contribution is 6.31. The number of hydrogen-bond donors (Lipinski definition) is 1. The first-order chi connectivity index (χ1) is 11.6. The van der Waals surface area contributed by atoms with E-state index in [1.165, 1.54) is 16.8 Å². The SMILES string of the molecule is Cc1ccc(CCn2c3c(c4cc(Cl)c(F)cc42)CNCC3)cn1. The number of hydrogen-bond acceptors (Lipinski definition) is 2. The Morgan fingerprint density at radius 2 is 2.21 bits per heavy atom. The number of fused-ring (bicyclic) bond motifs is 3. The average molecular weight is 344 g/mol. The monoisotopic (exact) mass is 343 g/mol. The second-order valence-electron chi connectivity index (χ2n) is 6.34. The molecule has 0 saturated carbocycles. The van der Waals surface area contributed by atoms with E-state index in [1.54, 1.807) is 12.1 Å². The first-order valence-corrected chi connectivity index (χ1v) is 8.62. The van der Waals surface area contributed by atoms with E-state index in [9.17, 15) is 4.39 Å². The summed E-state index contributed by atoms with van der Waals surface area (Å²) in [5.74, 6) is -0.356. The Balaban J connectivity index is 1.76. The molecule has 3 heterocycles. The van der Waals surface area contributed by atoms with Gasteiger partial charge in [-0.2, -0.15) is 0 Å². The van der Waals surface area contributed by atoms with Crippen LogP contribution in [0.3, 0.4) is 0 Å². The highest BCUT2D eigenvalue weighted by Crippen LogP contribution is 2.32. The maximum atomic E-state index is 14.0. The van der Waals surface area contributed by atoms with E-state index in [2.05, 4.69) is 20.9 Å². The fourth-order valence-electron chi connectivity index (χ4n) is 3.51. The summed E-state index contributed by atoms with van der Waals surface area (Å²) < 4.78 is 16.3. The molecule has 1 aliphatic heterocycles. The zero-order chi connectivity index (χ0) is 16.7. The van der Waals surface area contributed by atoms with Crippen LogP contribution >= 0.6 is 11.6 Å². The number of halogens is 2. The molecule has 0 unspecified atom stereocenters. The molecule has 3 nitrogen and oxygen atoms in total. The van der Waals surface area contributed by atoms with E-state index in [4.69, 9.17) is 11.6 Å². The van der Waals surface area contributed by atoms with Gasteiger partial charge in [-0.05, 0) is 42.7 Å². The van der Waals surface area contributed by atoms with E-state index in [1.807, 2.05) is 19.2 Å². The molecule has 1 aromatic carbocycles. The van der Waals surface area contributed by atoms with Gasteiger partial charge in [-0.1, -0.05) is 17.7 Å². The highest BCUT2D eigenvalue weighted by Gasteiger charge is 2.21. The summed E-state index contributed by atoms with van der Waals surface area (Å²) in [7, 11) is 0. The molecule has 2 aromatic heterocycles. The van der Waals surface area contributed by atoms with Crippen LogP contribution in [0.5, 0.6) is 0 Å². The number of nitrogens with one attached hydrogen (secondary N) is 1. The Morgan fingerprint density at radius 3 is 3.00 bits per heavy atom. The maximum Gasteiger partial charge on any atom is 0.143 e. The standard InChI is InChI=1S/C19H19ClFN3/c1-12-2-3-13(10-23-12)5-7-24-18-4-6-22-11-15(18)14-8-16(20)17(21)9-19(14)24/h2-3,8-10,22H,4-7,11H2,1H3. The van der Waals surface area contributed by atoms with Gasteiger partial charge in [0.1, 0.15) is 5.82 Å². The van der Waals surface area contributed by atoms with Crippen LogP contribution in [0.15, 0.2) is 30.5 Å². The third kappa shape index (κ3) is 2.70. The van der Waals surface area contributed by atoms with Gasteiger partial charge >= 0.3 is 0 Å². The van der Waals surface area contributed by atoms with E-state index >= 15 is 0 Å². The summed E-state index contributed by atoms with van der Waals surface area (Å²) in [6, 6.07) is 7.48. The minimum Gasteiger partial charge on any atom is -0.344 e. The number of aromatic nitrogens is 2. The third-order valence-corrected chi connectivity index (χ3v) is 5.06. The van der Waals surface area contributed by atoms with Crippen LogP contribution < -0.4 is 5.32 Å². The lowest BCUT2D eigenvalue weighted by molar-refractivity contribution is 0.593. The normalized spacial score (nSPS) is 14.1. The number of rotatable bonds is 3. The average Bonchev–Trinajstić information content (AvgIpc) is 2.88. The molecule has 0 atom stereocenters. The summed E-state index contributed by atoms with van der Waals surface area (Å²) in [4.78, 5) is 4.36. The summed E-state index contributed by atoms with van der Waals surface area (Å²) >= 11 is 6.01. The second-order valence-corrected chi connectivity index (χ2v) is 6.75. The Kier molecular flexibility index (Phi) is 4.02. The minimum atomic E-state index is -0.356. The predicted molar refractivity (Wildman–Crippen MR) is 95.0 cm³/mol. The van der Waals surface area contributed by atoms with Crippen LogP contribution in [-0.2, 0) is 25.9 Å². The van der Waals surface area contributed by atoms with Crippen molar-refractivity contribution in [3.05, 3.63) is 63.8 Å². The fraction of sp³-hybridized carbons (Fsp3) is 0.316. The lowest BCUT2D eigenvalue weighted by Crippen LogP contribution is -2.24. The number of nitrogens with zero attached hydrogens (tertiary/aromatic N) is 2. The molecule has 0 radical (unpaired) electrons. The second kappa shape index (κ2) is 6.19. The lowest BCUT2D eigenvalue weighted by atomic mass is 10.1. The molecule has 0 amide bonds. The number of aryl methyl sites for hydroxylation is 3. The van der Waals surface area contributed by atoms with Crippen molar-refractivity contribution in [2.75, 3.05) is 6.54 Å². The molecule has 5 heteroatoms. The molecule has 3 aromatic rings. The van der Waals surface area contributed by atoms with E-state index in [0.717, 1.165) is 49.1 Å². The van der Waals surface area contributed by atoms with Crippen molar-refractivity contribution in [2.24, 2.45) is 0 Å². The van der Waals surface area contributed by atoms with Gasteiger partial charge in [0.25, 0.3) is 0 Å². The van der Waals surface area contributed by atoms with Crippen molar-refractivity contribution in [1.82, 2.24) is 14.9 Å². The smallest absolute Gasteiger partial charge is 0.143 e. The molecule has 1 aliphatic rings. The van der Waals surface area contributed by atoms with Crippen molar-refractivity contribution < 1.29 is 4.39 Å². The largest absolute Gasteiger partial charge is 0.344 e. The van der Waals surface area contributed by atoms with Crippen molar-refractivity contribution >= 4 is 22.5 Å².